The molecule has 0 aliphatic heterocycles. The van der Waals surface area contributed by atoms with E-state index in [1.54, 1.807) is 0 Å². The van der Waals surface area contributed by atoms with Gasteiger partial charge < -0.3 is 10.5 Å². The van der Waals surface area contributed by atoms with Crippen molar-refractivity contribution in [2.45, 2.75) is 6.92 Å². The summed E-state index contributed by atoms with van der Waals surface area (Å²) in [6.45, 7) is 1.22. The molecule has 2 N–H and O–H groups in total. The minimum absolute atomic E-state index is 0.0143. The Hall–Kier alpha value is -1.95. The average molecular weight is 310 g/mol. The Bertz CT molecular complexity index is 619. The molecule has 0 bridgehead atoms. The Morgan fingerprint density at radius 1 is 1.28 bits per heavy atom. The van der Waals surface area contributed by atoms with Crippen molar-refractivity contribution in [2.24, 2.45) is 5.73 Å². The Morgan fingerprint density at radius 2 is 1.94 bits per heavy atom. The van der Waals surface area contributed by atoms with E-state index in [-0.39, 0.29) is 27.1 Å². The second-order valence-corrected chi connectivity index (χ2v) is 4.45. The molecule has 6 heteroatoms. The lowest BCUT2D eigenvalue weighted by Crippen LogP contribution is -2.25. The van der Waals surface area contributed by atoms with E-state index in [4.69, 9.17) is 10.5 Å². The van der Waals surface area contributed by atoms with Crippen molar-refractivity contribution in [1.82, 2.24) is 0 Å². The number of hydrogen-bond acceptors (Lipinski definition) is 5. The normalized spacial score (nSPS) is 14.6. The summed E-state index contributed by atoms with van der Waals surface area (Å²) >= 11 is 2.97. The molecule has 18 heavy (non-hydrogen) atoms. The van der Waals surface area contributed by atoms with Crippen molar-refractivity contribution in [3.63, 3.8) is 0 Å². The minimum atomic E-state index is -0.567. The van der Waals surface area contributed by atoms with E-state index < -0.39 is 17.5 Å². The molecule has 0 saturated heterocycles. The molecule has 2 rings (SSSR count). The van der Waals surface area contributed by atoms with Gasteiger partial charge in [0.05, 0.1) is 15.7 Å². The number of hydrogen-bond donors (Lipinski definition) is 1. The van der Waals surface area contributed by atoms with Crippen LogP contribution in [0.4, 0.5) is 0 Å². The Morgan fingerprint density at radius 3 is 2.56 bits per heavy atom. The van der Waals surface area contributed by atoms with Gasteiger partial charge in [-0.05, 0) is 28.1 Å². The highest BCUT2D eigenvalue weighted by atomic mass is 79.9. The maximum absolute atomic E-state index is 12.0. The number of ether oxygens (including phenoxy) is 1. The minimum Gasteiger partial charge on any atom is -0.426 e. The Kier molecular flexibility index (Phi) is 3.04. The molecule has 0 saturated carbocycles. The van der Waals surface area contributed by atoms with E-state index in [0.717, 1.165) is 0 Å². The summed E-state index contributed by atoms with van der Waals surface area (Å²) in [4.78, 5) is 34.9. The summed E-state index contributed by atoms with van der Waals surface area (Å²) in [6, 6.07) is 4.44. The molecule has 0 atom stereocenters. The number of ketones is 2. The molecule has 0 heterocycles. The molecule has 0 amide bonds. The number of esters is 1. The number of nitrogens with two attached hydrogens (primary N) is 1. The lowest BCUT2D eigenvalue weighted by Gasteiger charge is -2.17. The van der Waals surface area contributed by atoms with Crippen LogP contribution in [0.5, 0.6) is 5.75 Å². The van der Waals surface area contributed by atoms with Gasteiger partial charge in [0, 0.05) is 12.5 Å². The number of allylic oxidation sites excluding steroid dienone is 2. The van der Waals surface area contributed by atoms with Gasteiger partial charge in [-0.1, -0.05) is 6.07 Å². The van der Waals surface area contributed by atoms with E-state index >= 15 is 0 Å². The first-order chi connectivity index (χ1) is 8.43. The van der Waals surface area contributed by atoms with Crippen LogP contribution in [0.3, 0.4) is 0 Å². The third-order valence-corrected chi connectivity index (χ3v) is 3.22. The van der Waals surface area contributed by atoms with Gasteiger partial charge in [0.15, 0.2) is 0 Å². The fourth-order valence-corrected chi connectivity index (χ4v) is 2.05. The van der Waals surface area contributed by atoms with E-state index in [1.807, 2.05) is 0 Å². The molecule has 5 nitrogen and oxygen atoms in total. The molecule has 0 fully saturated rings. The van der Waals surface area contributed by atoms with E-state index in [1.165, 1.54) is 25.1 Å². The third kappa shape index (κ3) is 1.84. The average Bonchev–Trinajstić information content (AvgIpc) is 2.32. The van der Waals surface area contributed by atoms with E-state index in [9.17, 15) is 14.4 Å². The smallest absolute Gasteiger partial charge is 0.308 e. The fourth-order valence-electron chi connectivity index (χ4n) is 1.67. The fraction of sp³-hybridized carbons (Fsp3) is 0.0833. The van der Waals surface area contributed by atoms with Crippen molar-refractivity contribution in [3.05, 3.63) is 39.5 Å². The first-order valence-corrected chi connectivity index (χ1v) is 5.79. The summed E-state index contributed by atoms with van der Waals surface area (Å²) in [5.41, 5.74) is 5.58. The second kappa shape index (κ2) is 4.38. The maximum atomic E-state index is 12.0. The van der Waals surface area contributed by atoms with Gasteiger partial charge in [0.2, 0.25) is 11.6 Å². The van der Waals surface area contributed by atoms with Crippen LogP contribution in [0.1, 0.15) is 27.6 Å². The molecule has 1 aliphatic rings. The number of Topliss-reactive ketones (excluding diaryl/α,β-unsaturated/α-hetero) is 2. The zero-order chi connectivity index (χ0) is 13.4. The van der Waals surface area contributed by atoms with Crippen LogP contribution in [-0.4, -0.2) is 17.5 Å². The Balaban J connectivity index is 2.67. The van der Waals surface area contributed by atoms with Crippen LogP contribution in [0.2, 0.25) is 0 Å². The standard InChI is InChI=1S/C12H8BrNO4/c1-5(15)18-7-4-2-3-6-8(7)12(17)9(13)10(14)11(6)16/h2-4H,14H2,1H3. The van der Waals surface area contributed by atoms with Crippen LogP contribution in [0.25, 0.3) is 0 Å². The van der Waals surface area contributed by atoms with Crippen LogP contribution in [-0.2, 0) is 4.79 Å². The monoisotopic (exact) mass is 309 g/mol. The summed E-state index contributed by atoms with van der Waals surface area (Å²) in [6.07, 6.45) is 0. The highest BCUT2D eigenvalue weighted by Crippen LogP contribution is 2.33. The van der Waals surface area contributed by atoms with Crippen LogP contribution in [0, 0.1) is 0 Å². The number of rotatable bonds is 1. The number of carbonyl (C=O) groups is 3. The van der Waals surface area contributed by atoms with Crippen LogP contribution >= 0.6 is 15.9 Å². The van der Waals surface area contributed by atoms with Gasteiger partial charge in [-0.2, -0.15) is 0 Å². The number of fused-ring (bicyclic) bond motifs is 1. The molecular formula is C12H8BrNO4. The van der Waals surface area contributed by atoms with Gasteiger partial charge in [0.25, 0.3) is 0 Å². The van der Waals surface area contributed by atoms with Crippen LogP contribution in [0.15, 0.2) is 28.4 Å². The van der Waals surface area contributed by atoms with E-state index in [0.29, 0.717) is 0 Å². The molecule has 92 valence electrons. The summed E-state index contributed by atoms with van der Waals surface area (Å²) in [7, 11) is 0. The van der Waals surface area contributed by atoms with Crippen LogP contribution < -0.4 is 10.5 Å². The molecule has 0 spiro atoms. The van der Waals surface area contributed by atoms with Gasteiger partial charge >= 0.3 is 5.97 Å². The van der Waals surface area contributed by atoms with Crippen molar-refractivity contribution in [2.75, 3.05) is 0 Å². The quantitative estimate of drug-likeness (QED) is 0.628. The summed E-state index contributed by atoms with van der Waals surface area (Å²) in [5.74, 6) is -1.45. The van der Waals surface area contributed by atoms with Gasteiger partial charge in [-0.3, -0.25) is 14.4 Å². The number of halogens is 1. The molecule has 0 unspecified atom stereocenters. The lowest BCUT2D eigenvalue weighted by molar-refractivity contribution is -0.131. The number of carbonyl (C=O) groups excluding carboxylic acids is 3. The highest BCUT2D eigenvalue weighted by molar-refractivity contribution is 9.12. The predicted molar refractivity (Wildman–Crippen MR) is 66.6 cm³/mol. The number of benzene rings is 1. The predicted octanol–water partition coefficient (Wildman–Crippen LogP) is 1.56. The van der Waals surface area contributed by atoms with Crippen molar-refractivity contribution >= 4 is 33.5 Å². The van der Waals surface area contributed by atoms with Gasteiger partial charge in [-0.15, -0.1) is 0 Å². The largest absolute Gasteiger partial charge is 0.426 e. The molecule has 1 aromatic carbocycles. The zero-order valence-corrected chi connectivity index (χ0v) is 10.9. The molecule has 1 aromatic rings. The summed E-state index contributed by atoms with van der Waals surface area (Å²) in [5, 5.41) is 0. The Labute approximate surface area is 111 Å². The highest BCUT2D eigenvalue weighted by Gasteiger charge is 2.32. The second-order valence-electron chi connectivity index (χ2n) is 3.66. The maximum Gasteiger partial charge on any atom is 0.308 e. The SMILES string of the molecule is CC(=O)Oc1cccc2c1C(=O)C(Br)=C(N)C2=O. The molecule has 0 radical (unpaired) electrons. The van der Waals surface area contributed by atoms with E-state index in [2.05, 4.69) is 15.9 Å². The summed E-state index contributed by atoms with van der Waals surface area (Å²) < 4.78 is 4.90. The zero-order valence-electron chi connectivity index (χ0n) is 9.32. The van der Waals surface area contributed by atoms with Crippen molar-refractivity contribution in [1.29, 1.82) is 0 Å². The molecule has 1 aliphatic carbocycles. The lowest BCUT2D eigenvalue weighted by atomic mass is 9.92. The third-order valence-electron chi connectivity index (χ3n) is 2.43. The van der Waals surface area contributed by atoms with Gasteiger partial charge in [0.1, 0.15) is 5.75 Å². The van der Waals surface area contributed by atoms with Crippen molar-refractivity contribution in [3.8, 4) is 5.75 Å². The van der Waals surface area contributed by atoms with Crippen molar-refractivity contribution < 1.29 is 19.1 Å². The first-order valence-electron chi connectivity index (χ1n) is 4.99. The molecule has 0 aromatic heterocycles. The topological polar surface area (TPSA) is 86.5 Å². The van der Waals surface area contributed by atoms with Gasteiger partial charge in [-0.25, -0.2) is 0 Å². The first kappa shape index (κ1) is 12.5. The molecular weight excluding hydrogens is 302 g/mol.